The maximum Gasteiger partial charge on any atom is 2.00 e. The van der Waals surface area contributed by atoms with E-state index in [1.807, 2.05) is 24.3 Å². The van der Waals surface area contributed by atoms with Crippen LogP contribution in [0.2, 0.25) is 39.3 Å². The summed E-state index contributed by atoms with van der Waals surface area (Å²) in [6, 6.07) is 16.2. The molecule has 3 aromatic rings. The van der Waals surface area contributed by atoms with Crippen molar-refractivity contribution in [2.45, 2.75) is 106 Å². The van der Waals surface area contributed by atoms with E-state index < -0.39 is 28.1 Å². The quantitative estimate of drug-likeness (QED) is 0.241. The first kappa shape index (κ1) is 45.5. The zero-order valence-corrected chi connectivity index (χ0v) is 34.6. The van der Waals surface area contributed by atoms with E-state index >= 15 is 0 Å². The summed E-state index contributed by atoms with van der Waals surface area (Å²) >= 11 is 0. The molecule has 2 N–H and O–H groups in total. The Morgan fingerprint density at radius 1 is 0.633 bits per heavy atom. The van der Waals surface area contributed by atoms with Crippen LogP contribution in [0.25, 0.3) is 0 Å². The fourth-order valence-electron chi connectivity index (χ4n) is 4.48. The van der Waals surface area contributed by atoms with Gasteiger partial charge in [0.1, 0.15) is 11.5 Å². The maximum atomic E-state index is 11.2. The number of rotatable bonds is 6. The van der Waals surface area contributed by atoms with Crippen LogP contribution in [0.3, 0.4) is 0 Å². The third kappa shape index (κ3) is 14.9. The number of hydrogen-bond acceptors (Lipinski definition) is 8. The molecule has 0 saturated heterocycles. The molecule has 8 nitrogen and oxygen atoms in total. The van der Waals surface area contributed by atoms with Gasteiger partial charge in [0.25, 0.3) is 0 Å². The second-order valence-corrected chi connectivity index (χ2v) is 26.1. The first-order valence-electron chi connectivity index (χ1n) is 15.9. The molecule has 0 spiro atoms. The number of aromatic hydroxyl groups is 2. The van der Waals surface area contributed by atoms with Gasteiger partial charge in [0.05, 0.1) is 27.5 Å². The Labute approximate surface area is 305 Å². The van der Waals surface area contributed by atoms with Gasteiger partial charge in [0, 0.05) is 35.5 Å². The van der Waals surface area contributed by atoms with E-state index in [0.29, 0.717) is 11.4 Å². The normalized spacial score (nSPS) is 12.0. The van der Waals surface area contributed by atoms with Crippen LogP contribution in [0.1, 0.15) is 77.6 Å². The topological polar surface area (TPSA) is 145 Å². The zero-order chi connectivity index (χ0) is 37.4. The Hall–Kier alpha value is -3.52. The van der Waals surface area contributed by atoms with E-state index in [2.05, 4.69) is 105 Å². The summed E-state index contributed by atoms with van der Waals surface area (Å²) in [6.45, 7) is 28.6. The molecule has 3 rings (SSSR count). The summed E-state index contributed by atoms with van der Waals surface area (Å²) in [4.78, 5) is 27.4. The molecule has 1 radical (unpaired) electrons. The molecule has 0 saturated carbocycles. The summed E-state index contributed by atoms with van der Waals surface area (Å²) < 4.78 is 0. The van der Waals surface area contributed by atoms with Crippen molar-refractivity contribution in [3.8, 4) is 11.5 Å². The van der Waals surface area contributed by atoms with E-state index in [4.69, 9.17) is 29.8 Å². The van der Waals surface area contributed by atoms with E-state index in [1.165, 1.54) is 10.4 Å². The number of para-hydroxylation sites is 2. The van der Waals surface area contributed by atoms with Gasteiger partial charge in [-0.1, -0.05) is 128 Å². The molecule has 0 heterocycles. The summed E-state index contributed by atoms with van der Waals surface area (Å²) in [5.74, 6) is -1.61. The second-order valence-electron chi connectivity index (χ2n) is 15.9. The van der Waals surface area contributed by atoms with Gasteiger partial charge in [-0.15, -0.1) is 0 Å². The van der Waals surface area contributed by atoms with Crippen LogP contribution in [0.5, 0.6) is 11.5 Å². The fourth-order valence-corrected chi connectivity index (χ4v) is 6.81. The molecule has 11 heteroatoms. The van der Waals surface area contributed by atoms with Gasteiger partial charge in [-0.25, -0.2) is 0 Å². The molecule has 0 aliphatic heterocycles. The molecule has 0 bridgehead atoms. The summed E-state index contributed by atoms with van der Waals surface area (Å²) in [6.07, 6.45) is 3.51. The van der Waals surface area contributed by atoms with Crippen LogP contribution < -0.4 is 20.6 Å². The van der Waals surface area contributed by atoms with Crippen LogP contribution in [0.4, 0.5) is 11.4 Å². The molecule has 3 aromatic carbocycles. The second kappa shape index (κ2) is 17.9. The Balaban J connectivity index is 0.00000230. The number of carbonyl (C=O) groups is 2. The van der Waals surface area contributed by atoms with Crippen LogP contribution in [-0.4, -0.2) is 50.7 Å². The van der Waals surface area contributed by atoms with Gasteiger partial charge in [-0.3, -0.25) is 9.98 Å². The Bertz CT molecular complexity index is 1530. The molecule has 0 unspecified atom stereocenters. The Morgan fingerprint density at radius 2 is 0.898 bits per heavy atom. The third-order valence-electron chi connectivity index (χ3n) is 7.19. The van der Waals surface area contributed by atoms with E-state index in [0.717, 1.165) is 36.1 Å². The van der Waals surface area contributed by atoms with E-state index in [1.54, 1.807) is 12.4 Å². The first-order chi connectivity index (χ1) is 21.7. The predicted molar refractivity (Wildman–Crippen MR) is 202 cm³/mol. The number of benzene rings is 3. The largest absolute Gasteiger partial charge is 2.00 e. The minimum absolute atomic E-state index is 0. The van der Waals surface area contributed by atoms with Crippen molar-refractivity contribution in [2.24, 2.45) is 9.98 Å². The van der Waals surface area contributed by atoms with Crippen molar-refractivity contribution in [3.05, 3.63) is 70.8 Å². The number of phenols is 2. The van der Waals surface area contributed by atoms with Gasteiger partial charge in [0.2, 0.25) is 0 Å². The number of aliphatic carboxylic acids is 2. The minimum atomic E-state index is -1.63. The monoisotopic (exact) mass is 749 g/mol. The maximum absolute atomic E-state index is 11.2. The smallest absolute Gasteiger partial charge is 0.550 e. The molecular formula is C38H54CoN2O6Si2. The molecule has 0 amide bonds. The Kier molecular flexibility index (Phi) is 16.6. The van der Waals surface area contributed by atoms with Gasteiger partial charge < -0.3 is 30.0 Å². The number of carboxylic acids is 2. The zero-order valence-electron chi connectivity index (χ0n) is 31.5. The third-order valence-corrected chi connectivity index (χ3v) is 11.2. The standard InChI is InChI=1S/C34H48N2O2Si2.2C2H4O2.Co/c1-33(2,3)27-19-25(39(7,8)9)17-23(31(27)37)21-35-29-15-13-14-16-30(29)36-22-24-18-26(40(10,11)12)20-28(32(24)38)34(4,5)6;2*1-2(3)4;/h13-22,37-38H,1-12H3;2*1H3,(H,3,4);/q;;;+2/p-2. The van der Waals surface area contributed by atoms with Crippen LogP contribution in [0, 0.1) is 0 Å². The summed E-state index contributed by atoms with van der Waals surface area (Å²) in [5.41, 5.74) is 4.33. The molecular weight excluding hydrogens is 696 g/mol. The summed E-state index contributed by atoms with van der Waals surface area (Å²) in [5, 5.41) is 42.7. The molecule has 0 fully saturated rings. The Morgan fingerprint density at radius 3 is 1.12 bits per heavy atom. The average Bonchev–Trinajstić information content (AvgIpc) is 2.89. The van der Waals surface area contributed by atoms with Crippen molar-refractivity contribution < 1.29 is 46.8 Å². The van der Waals surface area contributed by atoms with Gasteiger partial charge in [-0.2, -0.15) is 0 Å². The number of aliphatic imine (C=N–C) groups is 2. The molecule has 0 atom stereocenters. The van der Waals surface area contributed by atoms with Gasteiger partial charge >= 0.3 is 16.8 Å². The van der Waals surface area contributed by atoms with Crippen molar-refractivity contribution in [1.82, 2.24) is 0 Å². The van der Waals surface area contributed by atoms with Gasteiger partial charge in [-0.05, 0) is 47.9 Å². The van der Waals surface area contributed by atoms with Crippen LogP contribution in [0.15, 0.2) is 58.5 Å². The number of carboxylic acid groups (broad SMARTS) is 2. The van der Waals surface area contributed by atoms with E-state index in [9.17, 15) is 10.2 Å². The van der Waals surface area contributed by atoms with Gasteiger partial charge in [0.15, 0.2) is 0 Å². The first-order valence-corrected chi connectivity index (χ1v) is 22.9. The number of carbonyl (C=O) groups excluding carboxylic acids is 2. The minimum Gasteiger partial charge on any atom is -0.550 e. The average molecular weight is 750 g/mol. The van der Waals surface area contributed by atoms with Crippen molar-refractivity contribution in [1.29, 1.82) is 0 Å². The van der Waals surface area contributed by atoms with E-state index in [-0.39, 0.29) is 39.1 Å². The van der Waals surface area contributed by atoms with Crippen molar-refractivity contribution >= 4 is 62.3 Å². The fraction of sp³-hybridized carbons (Fsp3) is 0.421. The molecule has 0 aliphatic carbocycles. The van der Waals surface area contributed by atoms with Crippen LogP contribution in [-0.2, 0) is 37.2 Å². The number of hydrogen-bond donors (Lipinski definition) is 2. The molecule has 0 aliphatic rings. The number of phenolic OH excluding ortho intramolecular Hbond substituents is 2. The SMILES string of the molecule is CC(=O)[O-].CC(=O)[O-].CC(C)(C)c1cc([Si](C)(C)C)cc(C=Nc2ccccc2N=Cc2cc([Si](C)(C)C)cc(C(C)(C)C)c2O)c1O.[Co+2]. The van der Waals surface area contributed by atoms with Crippen molar-refractivity contribution in [2.75, 3.05) is 0 Å². The van der Waals surface area contributed by atoms with Crippen LogP contribution >= 0.6 is 0 Å². The molecule has 0 aromatic heterocycles. The van der Waals surface area contributed by atoms with Crippen molar-refractivity contribution in [3.63, 3.8) is 0 Å². The summed E-state index contributed by atoms with van der Waals surface area (Å²) in [7, 11) is -3.25. The molecule has 269 valence electrons. The molecule has 49 heavy (non-hydrogen) atoms. The predicted octanol–water partition coefficient (Wildman–Crippen LogP) is 5.79. The number of nitrogens with zero attached hydrogens (tertiary/aromatic N) is 2.